The highest BCUT2D eigenvalue weighted by atomic mass is 16.1. The van der Waals surface area contributed by atoms with Crippen LogP contribution in [0, 0.1) is 12.8 Å². The number of hydrogen-bond donors (Lipinski definition) is 1. The standard InChI is InChI=1S/C17H27NO/c1-5-8-11-15(7-3)17(19)18-16-13(4)10-9-12-14(16)6-2/h9-10,12,15H,5-8,11H2,1-4H3,(H,18,19). The van der Waals surface area contributed by atoms with Gasteiger partial charge in [-0.1, -0.05) is 51.8 Å². The zero-order chi connectivity index (χ0) is 14.3. The summed E-state index contributed by atoms with van der Waals surface area (Å²) < 4.78 is 0. The van der Waals surface area contributed by atoms with E-state index in [1.54, 1.807) is 0 Å². The van der Waals surface area contributed by atoms with Gasteiger partial charge < -0.3 is 5.32 Å². The van der Waals surface area contributed by atoms with Crippen LogP contribution in [0.15, 0.2) is 18.2 Å². The lowest BCUT2D eigenvalue weighted by atomic mass is 9.97. The first kappa shape index (κ1) is 15.7. The fourth-order valence-corrected chi connectivity index (χ4v) is 2.40. The molecule has 0 aromatic heterocycles. The molecule has 0 radical (unpaired) electrons. The molecule has 2 heteroatoms. The number of aryl methyl sites for hydroxylation is 2. The Labute approximate surface area is 117 Å². The van der Waals surface area contributed by atoms with E-state index in [0.29, 0.717) is 0 Å². The van der Waals surface area contributed by atoms with Gasteiger partial charge >= 0.3 is 0 Å². The summed E-state index contributed by atoms with van der Waals surface area (Å²) in [5, 5.41) is 3.15. The fraction of sp³-hybridized carbons (Fsp3) is 0.588. The molecule has 2 nitrogen and oxygen atoms in total. The van der Waals surface area contributed by atoms with Crippen molar-refractivity contribution in [2.24, 2.45) is 5.92 Å². The molecule has 1 unspecified atom stereocenters. The second-order valence-corrected chi connectivity index (χ2v) is 5.20. The lowest BCUT2D eigenvalue weighted by Crippen LogP contribution is -2.23. The molecule has 1 rings (SSSR count). The van der Waals surface area contributed by atoms with E-state index < -0.39 is 0 Å². The number of amides is 1. The van der Waals surface area contributed by atoms with Crippen molar-refractivity contribution in [2.45, 2.75) is 59.8 Å². The molecule has 106 valence electrons. The number of benzene rings is 1. The third-order valence-corrected chi connectivity index (χ3v) is 3.76. The summed E-state index contributed by atoms with van der Waals surface area (Å²) in [5.41, 5.74) is 3.39. The van der Waals surface area contributed by atoms with Crippen molar-refractivity contribution in [2.75, 3.05) is 5.32 Å². The Morgan fingerprint density at radius 2 is 2.00 bits per heavy atom. The summed E-state index contributed by atoms with van der Waals surface area (Å²) in [6, 6.07) is 6.20. The van der Waals surface area contributed by atoms with Gasteiger partial charge in [-0.2, -0.15) is 0 Å². The highest BCUT2D eigenvalue weighted by Gasteiger charge is 2.17. The van der Waals surface area contributed by atoms with E-state index in [1.807, 2.05) is 0 Å². The number of rotatable bonds is 7. The number of nitrogens with one attached hydrogen (secondary N) is 1. The molecule has 0 fully saturated rings. The van der Waals surface area contributed by atoms with E-state index in [9.17, 15) is 4.79 Å². The number of hydrogen-bond acceptors (Lipinski definition) is 1. The molecule has 1 atom stereocenters. The Balaban J connectivity index is 2.80. The second-order valence-electron chi connectivity index (χ2n) is 5.20. The third-order valence-electron chi connectivity index (χ3n) is 3.76. The molecule has 1 amide bonds. The van der Waals surface area contributed by atoms with Crippen LogP contribution in [0.2, 0.25) is 0 Å². The molecular weight excluding hydrogens is 234 g/mol. The van der Waals surface area contributed by atoms with E-state index in [2.05, 4.69) is 51.2 Å². The predicted molar refractivity (Wildman–Crippen MR) is 82.5 cm³/mol. The van der Waals surface area contributed by atoms with Crippen molar-refractivity contribution >= 4 is 11.6 Å². The summed E-state index contributed by atoms with van der Waals surface area (Å²) in [6.07, 6.45) is 5.13. The smallest absolute Gasteiger partial charge is 0.227 e. The quantitative estimate of drug-likeness (QED) is 0.756. The van der Waals surface area contributed by atoms with Gasteiger partial charge in [0.15, 0.2) is 0 Å². The van der Waals surface area contributed by atoms with Crippen LogP contribution in [0.4, 0.5) is 5.69 Å². The maximum Gasteiger partial charge on any atom is 0.227 e. The van der Waals surface area contributed by atoms with Crippen LogP contribution in [0.3, 0.4) is 0 Å². The van der Waals surface area contributed by atoms with Crippen molar-refractivity contribution < 1.29 is 4.79 Å². The first-order valence-corrected chi connectivity index (χ1v) is 7.53. The SMILES string of the molecule is CCCCC(CC)C(=O)Nc1c(C)cccc1CC. The zero-order valence-electron chi connectivity index (χ0n) is 12.8. The van der Waals surface area contributed by atoms with Gasteiger partial charge in [0, 0.05) is 11.6 Å². The first-order valence-electron chi connectivity index (χ1n) is 7.53. The van der Waals surface area contributed by atoms with Crippen molar-refractivity contribution in [1.29, 1.82) is 0 Å². The van der Waals surface area contributed by atoms with Gasteiger partial charge in [-0.3, -0.25) is 4.79 Å². The normalized spacial score (nSPS) is 12.2. The number of anilines is 1. The van der Waals surface area contributed by atoms with Gasteiger partial charge in [-0.05, 0) is 37.3 Å². The molecule has 0 spiro atoms. The predicted octanol–water partition coefficient (Wildman–Crippen LogP) is 4.71. The summed E-state index contributed by atoms with van der Waals surface area (Å²) in [7, 11) is 0. The fourth-order valence-electron chi connectivity index (χ4n) is 2.40. The maximum absolute atomic E-state index is 12.4. The van der Waals surface area contributed by atoms with E-state index in [1.165, 1.54) is 5.56 Å². The molecular formula is C17H27NO. The van der Waals surface area contributed by atoms with Crippen molar-refractivity contribution in [1.82, 2.24) is 0 Å². The minimum absolute atomic E-state index is 0.143. The van der Waals surface area contributed by atoms with Crippen molar-refractivity contribution in [3.63, 3.8) is 0 Å². The van der Waals surface area contributed by atoms with Gasteiger partial charge in [0.2, 0.25) is 5.91 Å². The molecule has 0 aliphatic heterocycles. The van der Waals surface area contributed by atoms with Crippen LogP contribution in [-0.2, 0) is 11.2 Å². The van der Waals surface area contributed by atoms with Crippen LogP contribution < -0.4 is 5.32 Å². The molecule has 0 saturated carbocycles. The number of unbranched alkanes of at least 4 members (excludes halogenated alkanes) is 1. The minimum Gasteiger partial charge on any atom is -0.325 e. The summed E-state index contributed by atoms with van der Waals surface area (Å²) >= 11 is 0. The Kier molecular flexibility index (Phi) is 6.61. The Morgan fingerprint density at radius 1 is 1.26 bits per heavy atom. The maximum atomic E-state index is 12.4. The van der Waals surface area contributed by atoms with Gasteiger partial charge in [-0.25, -0.2) is 0 Å². The molecule has 0 saturated heterocycles. The topological polar surface area (TPSA) is 29.1 Å². The number of para-hydroxylation sites is 1. The van der Waals surface area contributed by atoms with Gasteiger partial charge in [-0.15, -0.1) is 0 Å². The molecule has 0 bridgehead atoms. The largest absolute Gasteiger partial charge is 0.325 e. The van der Waals surface area contributed by atoms with Crippen molar-refractivity contribution in [3.8, 4) is 0 Å². The first-order chi connectivity index (χ1) is 9.13. The van der Waals surface area contributed by atoms with Crippen LogP contribution in [0.1, 0.15) is 57.6 Å². The van der Waals surface area contributed by atoms with Gasteiger partial charge in [0.05, 0.1) is 0 Å². The monoisotopic (exact) mass is 261 g/mol. The van der Waals surface area contributed by atoms with E-state index in [-0.39, 0.29) is 11.8 Å². The molecule has 1 aromatic rings. The van der Waals surface area contributed by atoms with Crippen LogP contribution >= 0.6 is 0 Å². The van der Waals surface area contributed by atoms with Crippen LogP contribution in [0.25, 0.3) is 0 Å². The van der Waals surface area contributed by atoms with Crippen LogP contribution in [0.5, 0.6) is 0 Å². The molecule has 0 aliphatic rings. The van der Waals surface area contributed by atoms with E-state index in [4.69, 9.17) is 0 Å². The third kappa shape index (κ3) is 4.38. The summed E-state index contributed by atoms with van der Waals surface area (Å²) in [6.45, 7) is 8.44. The summed E-state index contributed by atoms with van der Waals surface area (Å²) in [4.78, 5) is 12.4. The molecule has 0 heterocycles. The molecule has 0 aliphatic carbocycles. The molecule has 1 N–H and O–H groups in total. The summed E-state index contributed by atoms with van der Waals surface area (Å²) in [5.74, 6) is 0.323. The second kappa shape index (κ2) is 7.98. The molecule has 1 aromatic carbocycles. The zero-order valence-corrected chi connectivity index (χ0v) is 12.8. The number of carbonyl (C=O) groups excluding carboxylic acids is 1. The van der Waals surface area contributed by atoms with Gasteiger partial charge in [0.1, 0.15) is 0 Å². The Bertz CT molecular complexity index is 412. The minimum atomic E-state index is 0.143. The van der Waals surface area contributed by atoms with E-state index in [0.717, 1.165) is 43.4 Å². The van der Waals surface area contributed by atoms with Crippen molar-refractivity contribution in [3.05, 3.63) is 29.3 Å². The average Bonchev–Trinajstić information content (AvgIpc) is 2.42. The number of carbonyl (C=O) groups is 1. The Hall–Kier alpha value is -1.31. The Morgan fingerprint density at radius 3 is 2.58 bits per heavy atom. The lowest BCUT2D eigenvalue weighted by molar-refractivity contribution is -0.120. The van der Waals surface area contributed by atoms with E-state index >= 15 is 0 Å². The molecule has 19 heavy (non-hydrogen) atoms. The van der Waals surface area contributed by atoms with Gasteiger partial charge in [0.25, 0.3) is 0 Å². The highest BCUT2D eigenvalue weighted by molar-refractivity contribution is 5.94. The van der Waals surface area contributed by atoms with Crippen LogP contribution in [-0.4, -0.2) is 5.91 Å². The highest BCUT2D eigenvalue weighted by Crippen LogP contribution is 2.23. The average molecular weight is 261 g/mol. The lowest BCUT2D eigenvalue weighted by Gasteiger charge is -2.18.